The van der Waals surface area contributed by atoms with Gasteiger partial charge in [0.15, 0.2) is 34.9 Å². The lowest BCUT2D eigenvalue weighted by atomic mass is 9.83. The van der Waals surface area contributed by atoms with Gasteiger partial charge in [0.2, 0.25) is 0 Å². The first kappa shape index (κ1) is 36.7. The van der Waals surface area contributed by atoms with Crippen LogP contribution in [0, 0.1) is 0 Å². The fourth-order valence-corrected chi connectivity index (χ4v) is 8.42. The van der Waals surface area contributed by atoms with Crippen LogP contribution in [0.25, 0.3) is 123 Å². The highest BCUT2D eigenvalue weighted by Crippen LogP contribution is 2.48. The standard InChI is InChI=1S/C52H30N12/c1-4-10-31(11-5-1)41-20-43(51-61-47(33-14-8-3-9-15-33)59-48(62-51)34-22-53-28-54-23-34)39-18-16-38-42(32-12-6-2-7-13-32)21-44(40-19-17-37(41)45(39)46(38)40)52-63-49(35-24-55-29-56-25-35)60-50(64-52)36-26-57-30-58-27-36/h1-30H. The lowest BCUT2D eigenvalue weighted by molar-refractivity contribution is 1.05. The minimum absolute atomic E-state index is 0.425. The molecule has 0 aliphatic heterocycles. The molecule has 0 saturated heterocycles. The highest BCUT2D eigenvalue weighted by Gasteiger charge is 2.24. The van der Waals surface area contributed by atoms with Crippen LogP contribution >= 0.6 is 0 Å². The van der Waals surface area contributed by atoms with Crippen LogP contribution in [0.15, 0.2) is 184 Å². The first-order valence-corrected chi connectivity index (χ1v) is 20.5. The van der Waals surface area contributed by atoms with Crippen molar-refractivity contribution < 1.29 is 0 Å². The Labute approximate surface area is 365 Å². The molecule has 0 radical (unpaired) electrons. The van der Waals surface area contributed by atoms with Crippen LogP contribution in [0.2, 0.25) is 0 Å². The molecule has 12 rings (SSSR count). The highest BCUT2D eigenvalue weighted by atomic mass is 15.1. The summed E-state index contributed by atoms with van der Waals surface area (Å²) in [6.45, 7) is 0. The molecule has 12 heteroatoms. The predicted octanol–water partition coefficient (Wildman–Crippen LogP) is 10.7. The Kier molecular flexibility index (Phi) is 8.82. The van der Waals surface area contributed by atoms with Gasteiger partial charge < -0.3 is 0 Å². The number of nitrogens with zero attached hydrogens (tertiary/aromatic N) is 12. The van der Waals surface area contributed by atoms with Gasteiger partial charge >= 0.3 is 0 Å². The molecule has 0 N–H and O–H groups in total. The normalized spacial score (nSPS) is 11.4. The minimum atomic E-state index is 0.425. The molecule has 0 bridgehead atoms. The quantitative estimate of drug-likeness (QED) is 0.134. The van der Waals surface area contributed by atoms with Crippen LogP contribution in [0.1, 0.15) is 0 Å². The van der Waals surface area contributed by atoms with E-state index in [1.807, 2.05) is 42.5 Å². The molecular weight excluding hydrogens is 793 g/mol. The van der Waals surface area contributed by atoms with Crippen LogP contribution in [-0.4, -0.2) is 59.8 Å². The van der Waals surface area contributed by atoms with E-state index in [2.05, 4.69) is 115 Å². The van der Waals surface area contributed by atoms with Crippen molar-refractivity contribution >= 4 is 32.3 Å². The second kappa shape index (κ2) is 15.4. The Balaban J connectivity index is 1.21. The largest absolute Gasteiger partial charge is 0.244 e. The Hall–Kier alpha value is -9.16. The number of aromatic nitrogens is 12. The van der Waals surface area contributed by atoms with E-state index in [9.17, 15) is 0 Å². The Bertz CT molecular complexity index is 3280. The van der Waals surface area contributed by atoms with Gasteiger partial charge in [-0.15, -0.1) is 0 Å². The Morgan fingerprint density at radius 3 is 0.859 bits per heavy atom. The fourth-order valence-electron chi connectivity index (χ4n) is 8.42. The van der Waals surface area contributed by atoms with Crippen LogP contribution in [0.5, 0.6) is 0 Å². The summed E-state index contributed by atoms with van der Waals surface area (Å²) in [4.78, 5) is 56.2. The maximum absolute atomic E-state index is 5.21. The van der Waals surface area contributed by atoms with Crippen molar-refractivity contribution in [2.45, 2.75) is 0 Å². The van der Waals surface area contributed by atoms with E-state index in [0.29, 0.717) is 51.6 Å². The fraction of sp³-hybridized carbons (Fsp3) is 0. The van der Waals surface area contributed by atoms with Crippen molar-refractivity contribution in [3.05, 3.63) is 184 Å². The summed E-state index contributed by atoms with van der Waals surface area (Å²) in [6, 6.07) is 44.0. The van der Waals surface area contributed by atoms with Gasteiger partial charge in [0.1, 0.15) is 19.0 Å². The van der Waals surface area contributed by atoms with Crippen LogP contribution in [0.4, 0.5) is 0 Å². The smallest absolute Gasteiger partial charge is 0.167 e. The zero-order valence-electron chi connectivity index (χ0n) is 33.7. The Morgan fingerprint density at radius 1 is 0.234 bits per heavy atom. The van der Waals surface area contributed by atoms with Crippen molar-refractivity contribution in [3.63, 3.8) is 0 Å². The third kappa shape index (κ3) is 6.41. The topological polar surface area (TPSA) is 155 Å². The third-order valence-electron chi connectivity index (χ3n) is 11.3. The zero-order valence-corrected chi connectivity index (χ0v) is 33.7. The van der Waals surface area contributed by atoms with Gasteiger partial charge in [0, 0.05) is 53.9 Å². The summed E-state index contributed by atoms with van der Waals surface area (Å²) in [6.07, 6.45) is 14.7. The molecule has 0 spiro atoms. The molecule has 0 aliphatic rings. The molecule has 64 heavy (non-hydrogen) atoms. The molecule has 7 aromatic carbocycles. The lowest BCUT2D eigenvalue weighted by Gasteiger charge is -2.21. The first-order valence-electron chi connectivity index (χ1n) is 20.5. The summed E-state index contributed by atoms with van der Waals surface area (Å²) >= 11 is 0. The second-order valence-electron chi connectivity index (χ2n) is 15.1. The highest BCUT2D eigenvalue weighted by molar-refractivity contribution is 6.31. The summed E-state index contributed by atoms with van der Waals surface area (Å²) in [5, 5.41) is 6.19. The SMILES string of the molecule is c1ccc(-c2nc(-c3cncnc3)nc(-c3cc(-c4ccccc4)c4ccc5c(-c6nc(-c7cncnc7)nc(-c7cncnc7)n6)cc(-c6ccccc6)c6ccc3c4c65)n2)cc1. The van der Waals surface area contributed by atoms with E-state index in [0.717, 1.165) is 71.3 Å². The molecular formula is C52H30N12. The maximum Gasteiger partial charge on any atom is 0.167 e. The summed E-state index contributed by atoms with van der Waals surface area (Å²) in [7, 11) is 0. The molecule has 0 fully saturated rings. The molecule has 5 aromatic heterocycles. The molecule has 0 saturated carbocycles. The molecule has 0 atom stereocenters. The average molecular weight is 823 g/mol. The van der Waals surface area contributed by atoms with E-state index in [-0.39, 0.29) is 0 Å². The first-order chi connectivity index (χ1) is 31.7. The van der Waals surface area contributed by atoms with E-state index in [1.54, 1.807) is 37.2 Å². The lowest BCUT2D eigenvalue weighted by Crippen LogP contribution is -2.03. The zero-order chi connectivity index (χ0) is 42.4. The maximum atomic E-state index is 5.21. The van der Waals surface area contributed by atoms with Gasteiger partial charge in [-0.3, -0.25) is 0 Å². The van der Waals surface area contributed by atoms with Crippen LogP contribution < -0.4 is 0 Å². The molecule has 0 aliphatic carbocycles. The number of rotatable bonds is 8. The van der Waals surface area contributed by atoms with Gasteiger partial charge in [-0.1, -0.05) is 115 Å². The second-order valence-corrected chi connectivity index (χ2v) is 15.1. The number of hydrogen-bond acceptors (Lipinski definition) is 12. The molecule has 0 amide bonds. The van der Waals surface area contributed by atoms with E-state index in [1.165, 1.54) is 19.0 Å². The predicted molar refractivity (Wildman–Crippen MR) is 247 cm³/mol. The molecule has 12 nitrogen and oxygen atoms in total. The van der Waals surface area contributed by atoms with Crippen molar-refractivity contribution in [3.8, 4) is 90.6 Å². The molecule has 12 aromatic rings. The van der Waals surface area contributed by atoms with Crippen molar-refractivity contribution in [2.75, 3.05) is 0 Å². The van der Waals surface area contributed by atoms with Gasteiger partial charge in [-0.25, -0.2) is 59.8 Å². The van der Waals surface area contributed by atoms with E-state index >= 15 is 0 Å². The van der Waals surface area contributed by atoms with Crippen LogP contribution in [0.3, 0.4) is 0 Å². The monoisotopic (exact) mass is 822 g/mol. The van der Waals surface area contributed by atoms with Gasteiger partial charge in [-0.05, 0) is 66.7 Å². The van der Waals surface area contributed by atoms with Crippen molar-refractivity contribution in [1.29, 1.82) is 0 Å². The van der Waals surface area contributed by atoms with Crippen molar-refractivity contribution in [1.82, 2.24) is 59.8 Å². The molecule has 0 unspecified atom stereocenters. The average Bonchev–Trinajstić information content (AvgIpc) is 3.39. The summed E-state index contributed by atoms with van der Waals surface area (Å²) in [5.74, 6) is 2.86. The molecule has 298 valence electrons. The van der Waals surface area contributed by atoms with Gasteiger partial charge in [-0.2, -0.15) is 0 Å². The van der Waals surface area contributed by atoms with Crippen molar-refractivity contribution in [2.24, 2.45) is 0 Å². The van der Waals surface area contributed by atoms with E-state index in [4.69, 9.17) is 29.9 Å². The number of hydrogen-bond donors (Lipinski definition) is 0. The summed E-state index contributed by atoms with van der Waals surface area (Å²) < 4.78 is 0. The van der Waals surface area contributed by atoms with Crippen LogP contribution in [-0.2, 0) is 0 Å². The van der Waals surface area contributed by atoms with Gasteiger partial charge in [0.25, 0.3) is 0 Å². The number of benzene rings is 7. The third-order valence-corrected chi connectivity index (χ3v) is 11.3. The van der Waals surface area contributed by atoms with E-state index < -0.39 is 0 Å². The summed E-state index contributed by atoms with van der Waals surface area (Å²) in [5.41, 5.74) is 8.68. The Morgan fingerprint density at radius 2 is 0.516 bits per heavy atom. The van der Waals surface area contributed by atoms with Gasteiger partial charge in [0.05, 0.1) is 16.7 Å². The minimum Gasteiger partial charge on any atom is -0.244 e. The molecule has 5 heterocycles.